The summed E-state index contributed by atoms with van der Waals surface area (Å²) in [5.74, 6) is 0.655. The fourth-order valence-corrected chi connectivity index (χ4v) is 2.32. The van der Waals surface area contributed by atoms with Crippen molar-refractivity contribution in [1.29, 1.82) is 0 Å². The van der Waals surface area contributed by atoms with Crippen LogP contribution in [0, 0.1) is 0 Å². The summed E-state index contributed by atoms with van der Waals surface area (Å²) in [6, 6.07) is 12.1. The molecule has 140 valence electrons. The number of carbonyl (C=O) groups is 2. The van der Waals surface area contributed by atoms with Crippen LogP contribution in [0.2, 0.25) is 0 Å². The number of amides is 1. The number of ether oxygens (including phenoxy) is 3. The molecule has 1 heterocycles. The number of carbonyl (C=O) groups excluding carboxylic acids is 2. The maximum absolute atomic E-state index is 11.8. The van der Waals surface area contributed by atoms with E-state index in [0.29, 0.717) is 23.6 Å². The predicted molar refractivity (Wildman–Crippen MR) is 95.7 cm³/mol. The molecular formula is C19H18N2O6. The van der Waals surface area contributed by atoms with Crippen LogP contribution >= 0.6 is 0 Å². The molecular weight excluding hydrogens is 352 g/mol. The molecule has 0 radical (unpaired) electrons. The van der Waals surface area contributed by atoms with Crippen molar-refractivity contribution in [2.24, 2.45) is 5.16 Å². The lowest BCUT2D eigenvalue weighted by Crippen LogP contribution is -2.26. The van der Waals surface area contributed by atoms with Crippen LogP contribution in [-0.4, -0.2) is 38.6 Å². The van der Waals surface area contributed by atoms with Gasteiger partial charge in [0.15, 0.2) is 18.1 Å². The first-order valence-corrected chi connectivity index (χ1v) is 8.14. The fraction of sp³-hybridized carbons (Fsp3) is 0.211. The monoisotopic (exact) mass is 370 g/mol. The largest absolute Gasteiger partial charge is 0.465 e. The molecule has 0 aromatic heterocycles. The number of nitrogens with zero attached hydrogens (tertiary/aromatic N) is 1. The van der Waals surface area contributed by atoms with Crippen molar-refractivity contribution in [3.63, 3.8) is 0 Å². The molecule has 1 aliphatic heterocycles. The number of nitrogens with one attached hydrogen (secondary N) is 1. The molecule has 3 rings (SSSR count). The molecule has 1 amide bonds. The molecule has 0 saturated carbocycles. The molecule has 0 aliphatic carbocycles. The Morgan fingerprint density at radius 3 is 2.70 bits per heavy atom. The highest BCUT2D eigenvalue weighted by atomic mass is 16.7. The number of methoxy groups -OCH3 is 1. The number of hydrogen-bond donors (Lipinski definition) is 1. The Bertz CT molecular complexity index is 848. The Hall–Kier alpha value is -3.55. The summed E-state index contributed by atoms with van der Waals surface area (Å²) in [5, 5.41) is 6.47. The zero-order valence-electron chi connectivity index (χ0n) is 14.6. The lowest BCUT2D eigenvalue weighted by atomic mass is 10.1. The van der Waals surface area contributed by atoms with Crippen LogP contribution in [0.3, 0.4) is 0 Å². The maximum Gasteiger partial charge on any atom is 0.337 e. The first-order valence-electron chi connectivity index (χ1n) is 8.14. The average molecular weight is 370 g/mol. The summed E-state index contributed by atoms with van der Waals surface area (Å²) in [4.78, 5) is 28.1. The van der Waals surface area contributed by atoms with Crippen LogP contribution in [0.4, 0.5) is 0 Å². The maximum atomic E-state index is 11.8. The second kappa shape index (κ2) is 8.70. The van der Waals surface area contributed by atoms with E-state index in [1.54, 1.807) is 30.3 Å². The van der Waals surface area contributed by atoms with Gasteiger partial charge in [0.05, 0.1) is 18.9 Å². The normalized spacial score (nSPS) is 12.0. The molecule has 8 nitrogen and oxygen atoms in total. The topological polar surface area (TPSA) is 95.5 Å². The molecule has 0 spiro atoms. The molecule has 1 N–H and O–H groups in total. The predicted octanol–water partition coefficient (Wildman–Crippen LogP) is 1.87. The van der Waals surface area contributed by atoms with Crippen molar-refractivity contribution < 1.29 is 28.6 Å². The quantitative estimate of drug-likeness (QED) is 0.454. The van der Waals surface area contributed by atoms with E-state index in [9.17, 15) is 9.59 Å². The van der Waals surface area contributed by atoms with E-state index in [4.69, 9.17) is 14.3 Å². The standard InChI is InChI=1S/C19H18N2O6/c1-24-19(23)15-5-2-13(3-6-15)10-21-27-11-18(22)20-9-14-4-7-16-17(8-14)26-12-25-16/h2-8,10H,9,11-12H2,1H3,(H,20,22)/b21-10+. The van der Waals surface area contributed by atoms with Crippen LogP contribution in [0.15, 0.2) is 47.6 Å². The minimum absolute atomic E-state index is 0.207. The van der Waals surface area contributed by atoms with Crippen molar-refractivity contribution in [3.05, 3.63) is 59.2 Å². The fourth-order valence-electron chi connectivity index (χ4n) is 2.32. The number of oxime groups is 1. The number of benzene rings is 2. The van der Waals surface area contributed by atoms with Gasteiger partial charge >= 0.3 is 5.97 Å². The van der Waals surface area contributed by atoms with Gasteiger partial charge in [-0.1, -0.05) is 23.4 Å². The van der Waals surface area contributed by atoms with Gasteiger partial charge in [0.1, 0.15) is 0 Å². The highest BCUT2D eigenvalue weighted by Gasteiger charge is 2.13. The van der Waals surface area contributed by atoms with Gasteiger partial charge in [-0.05, 0) is 35.4 Å². The molecule has 0 bridgehead atoms. The van der Waals surface area contributed by atoms with Gasteiger partial charge in [-0.2, -0.15) is 0 Å². The molecule has 2 aromatic rings. The third-order valence-electron chi connectivity index (χ3n) is 3.73. The smallest absolute Gasteiger partial charge is 0.337 e. The van der Waals surface area contributed by atoms with E-state index >= 15 is 0 Å². The highest BCUT2D eigenvalue weighted by Crippen LogP contribution is 2.32. The lowest BCUT2D eigenvalue weighted by Gasteiger charge is -2.05. The van der Waals surface area contributed by atoms with Gasteiger partial charge in [-0.15, -0.1) is 0 Å². The first-order chi connectivity index (χ1) is 13.2. The first kappa shape index (κ1) is 18.2. The second-order valence-corrected chi connectivity index (χ2v) is 5.59. The summed E-state index contributed by atoms with van der Waals surface area (Å²) in [6.07, 6.45) is 1.45. The van der Waals surface area contributed by atoms with E-state index in [2.05, 4.69) is 15.2 Å². The summed E-state index contributed by atoms with van der Waals surface area (Å²) in [5.41, 5.74) is 2.06. The Kier molecular flexibility index (Phi) is 5.88. The van der Waals surface area contributed by atoms with E-state index in [0.717, 1.165) is 11.1 Å². The van der Waals surface area contributed by atoms with E-state index in [1.807, 2.05) is 12.1 Å². The zero-order chi connectivity index (χ0) is 19.1. The van der Waals surface area contributed by atoms with Crippen molar-refractivity contribution >= 4 is 18.1 Å². The highest BCUT2D eigenvalue weighted by molar-refractivity contribution is 5.90. The molecule has 0 unspecified atom stereocenters. The summed E-state index contributed by atoms with van der Waals surface area (Å²) < 4.78 is 15.1. The molecule has 0 fully saturated rings. The zero-order valence-corrected chi connectivity index (χ0v) is 14.6. The number of fused-ring (bicyclic) bond motifs is 1. The van der Waals surface area contributed by atoms with Crippen LogP contribution in [0.25, 0.3) is 0 Å². The van der Waals surface area contributed by atoms with Crippen LogP contribution in [0.1, 0.15) is 21.5 Å². The van der Waals surface area contributed by atoms with Gasteiger partial charge in [0, 0.05) is 6.54 Å². The number of esters is 1. The molecule has 2 aromatic carbocycles. The lowest BCUT2D eigenvalue weighted by molar-refractivity contribution is -0.125. The third kappa shape index (κ3) is 4.97. The van der Waals surface area contributed by atoms with Crippen LogP contribution in [-0.2, 0) is 20.9 Å². The van der Waals surface area contributed by atoms with Crippen molar-refractivity contribution in [1.82, 2.24) is 5.32 Å². The summed E-state index contributed by atoms with van der Waals surface area (Å²) in [7, 11) is 1.32. The van der Waals surface area contributed by atoms with E-state index in [-0.39, 0.29) is 19.3 Å². The SMILES string of the molecule is COC(=O)c1ccc(/C=N/OCC(=O)NCc2ccc3c(c2)OCO3)cc1. The van der Waals surface area contributed by atoms with Gasteiger partial charge in [-0.25, -0.2) is 4.79 Å². The van der Waals surface area contributed by atoms with Gasteiger partial charge in [0.2, 0.25) is 6.79 Å². The van der Waals surface area contributed by atoms with Gasteiger partial charge in [0.25, 0.3) is 5.91 Å². The number of hydrogen-bond acceptors (Lipinski definition) is 7. The molecule has 1 aliphatic rings. The van der Waals surface area contributed by atoms with Crippen molar-refractivity contribution in [2.45, 2.75) is 6.54 Å². The minimum Gasteiger partial charge on any atom is -0.465 e. The third-order valence-corrected chi connectivity index (χ3v) is 3.73. The average Bonchev–Trinajstić information content (AvgIpc) is 3.17. The Balaban J connectivity index is 1.40. The Morgan fingerprint density at radius 1 is 1.15 bits per heavy atom. The molecule has 0 saturated heterocycles. The van der Waals surface area contributed by atoms with E-state index < -0.39 is 5.97 Å². The van der Waals surface area contributed by atoms with Gasteiger partial charge < -0.3 is 24.4 Å². The molecule has 0 atom stereocenters. The van der Waals surface area contributed by atoms with Crippen LogP contribution < -0.4 is 14.8 Å². The van der Waals surface area contributed by atoms with Crippen molar-refractivity contribution in [2.75, 3.05) is 20.5 Å². The minimum atomic E-state index is -0.408. The molecule has 8 heteroatoms. The van der Waals surface area contributed by atoms with Gasteiger partial charge in [-0.3, -0.25) is 4.79 Å². The van der Waals surface area contributed by atoms with Crippen LogP contribution in [0.5, 0.6) is 11.5 Å². The summed E-state index contributed by atoms with van der Waals surface area (Å²) in [6.45, 7) is 0.348. The Morgan fingerprint density at radius 2 is 1.93 bits per heavy atom. The van der Waals surface area contributed by atoms with Crippen molar-refractivity contribution in [3.8, 4) is 11.5 Å². The summed E-state index contributed by atoms with van der Waals surface area (Å²) >= 11 is 0. The van der Waals surface area contributed by atoms with E-state index in [1.165, 1.54) is 13.3 Å². The molecule has 27 heavy (non-hydrogen) atoms. The number of rotatable bonds is 7. The Labute approximate surface area is 155 Å². The second-order valence-electron chi connectivity index (χ2n) is 5.59.